The van der Waals surface area contributed by atoms with Crippen molar-refractivity contribution in [2.24, 2.45) is 5.92 Å². The number of phenolic OH excluding ortho intramolecular Hbond substituents is 1. The monoisotopic (exact) mass is 313 g/mol. The SMILES string of the molecule is COc1cc(CNCCC2CCC2)cc(Br)c1O. The Morgan fingerprint density at radius 3 is 2.83 bits per heavy atom. The summed E-state index contributed by atoms with van der Waals surface area (Å²) in [5.74, 6) is 1.62. The maximum absolute atomic E-state index is 9.71. The minimum atomic E-state index is 0.163. The summed E-state index contributed by atoms with van der Waals surface area (Å²) in [5.41, 5.74) is 1.12. The van der Waals surface area contributed by atoms with Crippen LogP contribution in [0.15, 0.2) is 16.6 Å². The van der Waals surface area contributed by atoms with E-state index >= 15 is 0 Å². The van der Waals surface area contributed by atoms with E-state index in [-0.39, 0.29) is 5.75 Å². The van der Waals surface area contributed by atoms with E-state index in [0.29, 0.717) is 10.2 Å². The number of benzene rings is 1. The van der Waals surface area contributed by atoms with Crippen molar-refractivity contribution in [2.45, 2.75) is 32.2 Å². The Morgan fingerprint density at radius 2 is 2.22 bits per heavy atom. The zero-order valence-corrected chi connectivity index (χ0v) is 12.3. The van der Waals surface area contributed by atoms with Gasteiger partial charge in [0.15, 0.2) is 11.5 Å². The number of aromatic hydroxyl groups is 1. The third-order valence-corrected chi connectivity index (χ3v) is 4.20. The molecule has 1 aromatic rings. The van der Waals surface area contributed by atoms with Crippen LogP contribution in [-0.4, -0.2) is 18.8 Å². The first kappa shape index (κ1) is 13.7. The lowest BCUT2D eigenvalue weighted by Gasteiger charge is -2.25. The third-order valence-electron chi connectivity index (χ3n) is 3.59. The summed E-state index contributed by atoms with van der Waals surface area (Å²) in [7, 11) is 1.56. The van der Waals surface area contributed by atoms with Crippen molar-refractivity contribution in [3.63, 3.8) is 0 Å². The second kappa shape index (κ2) is 6.43. The topological polar surface area (TPSA) is 41.5 Å². The Morgan fingerprint density at radius 1 is 1.44 bits per heavy atom. The smallest absolute Gasteiger partial charge is 0.172 e. The van der Waals surface area contributed by atoms with Gasteiger partial charge in [0.25, 0.3) is 0 Å². The number of hydrogen-bond acceptors (Lipinski definition) is 3. The molecule has 0 aromatic heterocycles. The van der Waals surface area contributed by atoms with Gasteiger partial charge in [0, 0.05) is 6.54 Å². The largest absolute Gasteiger partial charge is 0.503 e. The van der Waals surface area contributed by atoms with Gasteiger partial charge in [-0.2, -0.15) is 0 Å². The van der Waals surface area contributed by atoms with Crippen molar-refractivity contribution in [3.8, 4) is 11.5 Å². The van der Waals surface area contributed by atoms with Gasteiger partial charge < -0.3 is 15.2 Å². The highest BCUT2D eigenvalue weighted by atomic mass is 79.9. The van der Waals surface area contributed by atoms with Gasteiger partial charge in [-0.3, -0.25) is 0 Å². The van der Waals surface area contributed by atoms with Gasteiger partial charge in [-0.1, -0.05) is 19.3 Å². The van der Waals surface area contributed by atoms with Crippen molar-refractivity contribution in [1.29, 1.82) is 0 Å². The zero-order chi connectivity index (χ0) is 13.0. The molecule has 0 saturated heterocycles. The Bertz CT molecular complexity index is 405. The van der Waals surface area contributed by atoms with Crippen molar-refractivity contribution in [3.05, 3.63) is 22.2 Å². The minimum Gasteiger partial charge on any atom is -0.503 e. The first-order valence-electron chi connectivity index (χ1n) is 6.47. The van der Waals surface area contributed by atoms with Crippen LogP contribution >= 0.6 is 15.9 Å². The average Bonchev–Trinajstić information content (AvgIpc) is 2.30. The maximum atomic E-state index is 9.71. The van der Waals surface area contributed by atoms with Crippen molar-refractivity contribution >= 4 is 15.9 Å². The maximum Gasteiger partial charge on any atom is 0.172 e. The lowest BCUT2D eigenvalue weighted by Crippen LogP contribution is -2.21. The minimum absolute atomic E-state index is 0.163. The molecule has 0 radical (unpaired) electrons. The normalized spacial score (nSPS) is 15.4. The predicted molar refractivity (Wildman–Crippen MR) is 76.0 cm³/mol. The predicted octanol–water partition coefficient (Wildman–Crippen LogP) is 3.44. The average molecular weight is 314 g/mol. The van der Waals surface area contributed by atoms with Gasteiger partial charge in [-0.15, -0.1) is 0 Å². The van der Waals surface area contributed by atoms with E-state index in [4.69, 9.17) is 4.74 Å². The zero-order valence-electron chi connectivity index (χ0n) is 10.7. The molecule has 2 N–H and O–H groups in total. The molecule has 4 heteroatoms. The van der Waals surface area contributed by atoms with Gasteiger partial charge in [-0.25, -0.2) is 0 Å². The molecule has 0 heterocycles. The molecule has 1 aliphatic rings. The molecule has 18 heavy (non-hydrogen) atoms. The summed E-state index contributed by atoms with van der Waals surface area (Å²) in [6, 6.07) is 3.80. The summed E-state index contributed by atoms with van der Waals surface area (Å²) in [4.78, 5) is 0. The van der Waals surface area contributed by atoms with E-state index in [0.717, 1.165) is 24.6 Å². The number of nitrogens with one attached hydrogen (secondary N) is 1. The highest BCUT2D eigenvalue weighted by molar-refractivity contribution is 9.10. The molecule has 3 nitrogen and oxygen atoms in total. The van der Waals surface area contributed by atoms with E-state index in [1.54, 1.807) is 7.11 Å². The van der Waals surface area contributed by atoms with Crippen molar-refractivity contribution < 1.29 is 9.84 Å². The summed E-state index contributed by atoms with van der Waals surface area (Å²) in [6.07, 6.45) is 5.49. The van der Waals surface area contributed by atoms with Gasteiger partial charge in [-0.05, 0) is 52.5 Å². The molecular formula is C14H20BrNO2. The quantitative estimate of drug-likeness (QED) is 0.790. The van der Waals surface area contributed by atoms with Crippen LogP contribution in [0.5, 0.6) is 11.5 Å². The van der Waals surface area contributed by atoms with E-state index in [1.165, 1.54) is 25.7 Å². The van der Waals surface area contributed by atoms with E-state index < -0.39 is 0 Å². The lowest BCUT2D eigenvalue weighted by molar-refractivity contribution is 0.292. The Hall–Kier alpha value is -0.740. The number of hydrogen-bond donors (Lipinski definition) is 2. The van der Waals surface area contributed by atoms with Crippen LogP contribution in [0.25, 0.3) is 0 Å². The summed E-state index contributed by atoms with van der Waals surface area (Å²) >= 11 is 3.33. The number of rotatable bonds is 6. The van der Waals surface area contributed by atoms with E-state index in [9.17, 15) is 5.11 Å². The summed E-state index contributed by atoms with van der Waals surface area (Å²) in [5, 5.41) is 13.2. The van der Waals surface area contributed by atoms with Crippen molar-refractivity contribution in [2.75, 3.05) is 13.7 Å². The highest BCUT2D eigenvalue weighted by Gasteiger charge is 2.16. The number of phenols is 1. The summed E-state index contributed by atoms with van der Waals surface area (Å²) < 4.78 is 5.81. The van der Waals surface area contributed by atoms with Crippen LogP contribution in [0.1, 0.15) is 31.2 Å². The molecule has 1 aliphatic carbocycles. The van der Waals surface area contributed by atoms with Crippen LogP contribution in [0.2, 0.25) is 0 Å². The fourth-order valence-corrected chi connectivity index (χ4v) is 2.69. The van der Waals surface area contributed by atoms with E-state index in [2.05, 4.69) is 21.2 Å². The van der Waals surface area contributed by atoms with Crippen LogP contribution in [0.3, 0.4) is 0 Å². The summed E-state index contributed by atoms with van der Waals surface area (Å²) in [6.45, 7) is 1.87. The molecule has 0 atom stereocenters. The van der Waals surface area contributed by atoms with Crippen LogP contribution < -0.4 is 10.1 Å². The van der Waals surface area contributed by atoms with E-state index in [1.807, 2.05) is 12.1 Å². The van der Waals surface area contributed by atoms with Gasteiger partial charge in [0.05, 0.1) is 11.6 Å². The molecule has 100 valence electrons. The molecule has 1 aromatic carbocycles. The van der Waals surface area contributed by atoms with Crippen molar-refractivity contribution in [1.82, 2.24) is 5.32 Å². The van der Waals surface area contributed by atoms with Gasteiger partial charge in [0.1, 0.15) is 0 Å². The standard InChI is InChI=1S/C14H20BrNO2/c1-18-13-8-11(7-12(15)14(13)17)9-16-6-5-10-3-2-4-10/h7-8,10,16-17H,2-6,9H2,1H3. The molecule has 2 rings (SSSR count). The second-order valence-electron chi connectivity index (χ2n) is 4.89. The molecule has 0 spiro atoms. The Balaban J connectivity index is 1.82. The van der Waals surface area contributed by atoms with Crippen LogP contribution in [0, 0.1) is 5.92 Å². The fourth-order valence-electron chi connectivity index (χ4n) is 2.21. The van der Waals surface area contributed by atoms with Gasteiger partial charge in [0.2, 0.25) is 0 Å². The van der Waals surface area contributed by atoms with Gasteiger partial charge >= 0.3 is 0 Å². The molecule has 0 unspecified atom stereocenters. The molecule has 0 amide bonds. The molecular weight excluding hydrogens is 294 g/mol. The molecule has 1 saturated carbocycles. The Labute approximate surface area is 117 Å². The second-order valence-corrected chi connectivity index (χ2v) is 5.75. The lowest BCUT2D eigenvalue weighted by atomic mass is 9.83. The first-order chi connectivity index (χ1) is 8.70. The fraction of sp³-hybridized carbons (Fsp3) is 0.571. The number of methoxy groups -OCH3 is 1. The highest BCUT2D eigenvalue weighted by Crippen LogP contribution is 2.35. The third kappa shape index (κ3) is 3.39. The number of halogens is 1. The number of ether oxygens (including phenoxy) is 1. The molecule has 0 aliphatic heterocycles. The molecule has 1 fully saturated rings. The first-order valence-corrected chi connectivity index (χ1v) is 7.26. The Kier molecular flexibility index (Phi) is 4.89. The van der Waals surface area contributed by atoms with Crippen LogP contribution in [0.4, 0.5) is 0 Å². The van der Waals surface area contributed by atoms with Crippen LogP contribution in [-0.2, 0) is 6.54 Å². The molecule has 0 bridgehead atoms.